The molecule has 1 saturated carbocycles. The van der Waals surface area contributed by atoms with Crippen LogP contribution in [0, 0.1) is 5.92 Å². The maximum absolute atomic E-state index is 3.64. The molecule has 1 fully saturated rings. The summed E-state index contributed by atoms with van der Waals surface area (Å²) in [5.74, 6) is 0.968. The maximum Gasteiger partial charge on any atom is 0.0332 e. The lowest BCUT2D eigenvalue weighted by Gasteiger charge is -2.29. The Hall–Kier alpha value is -0.380. The summed E-state index contributed by atoms with van der Waals surface area (Å²) in [5, 5.41) is 3.64. The van der Waals surface area contributed by atoms with Gasteiger partial charge in [-0.2, -0.15) is 0 Å². The second-order valence-electron chi connectivity index (χ2n) is 6.49. The zero-order valence-corrected chi connectivity index (χ0v) is 15.2. The van der Waals surface area contributed by atoms with Crippen LogP contribution in [0.1, 0.15) is 51.6 Å². The van der Waals surface area contributed by atoms with Gasteiger partial charge in [-0.25, -0.2) is 0 Å². The molecular weight excluding hydrogens is 324 g/mol. The molecule has 1 aliphatic rings. The second-order valence-corrected chi connectivity index (χ2v) is 7.40. The number of benzene rings is 1. The molecule has 0 saturated heterocycles. The molecular formula is C18H29BrN2. The summed E-state index contributed by atoms with van der Waals surface area (Å²) in [6.07, 6.45) is 4.05. The summed E-state index contributed by atoms with van der Waals surface area (Å²) in [6.45, 7) is 10.3. The van der Waals surface area contributed by atoms with Gasteiger partial charge in [0.05, 0.1) is 0 Å². The molecule has 118 valence electrons. The van der Waals surface area contributed by atoms with Crippen molar-refractivity contribution in [2.45, 2.75) is 52.1 Å². The molecule has 1 aliphatic carbocycles. The molecule has 1 unspecified atom stereocenters. The predicted octanol–water partition coefficient (Wildman–Crippen LogP) is 4.61. The first-order valence-electron chi connectivity index (χ1n) is 8.33. The lowest BCUT2D eigenvalue weighted by Crippen LogP contribution is -2.36. The Kier molecular flexibility index (Phi) is 6.72. The Morgan fingerprint density at radius 2 is 2.10 bits per heavy atom. The van der Waals surface area contributed by atoms with Gasteiger partial charge in [0.1, 0.15) is 0 Å². The molecule has 0 radical (unpaired) electrons. The van der Waals surface area contributed by atoms with Gasteiger partial charge in [0.25, 0.3) is 0 Å². The van der Waals surface area contributed by atoms with Gasteiger partial charge in [0.15, 0.2) is 0 Å². The number of nitrogens with one attached hydrogen (secondary N) is 1. The van der Waals surface area contributed by atoms with Gasteiger partial charge in [-0.3, -0.25) is 0 Å². The predicted molar refractivity (Wildman–Crippen MR) is 94.6 cm³/mol. The Balaban J connectivity index is 1.94. The molecule has 21 heavy (non-hydrogen) atoms. The van der Waals surface area contributed by atoms with E-state index in [1.807, 2.05) is 0 Å². The molecule has 0 aliphatic heterocycles. The highest BCUT2D eigenvalue weighted by Crippen LogP contribution is 2.31. The number of nitrogens with zero attached hydrogens (tertiary/aromatic N) is 1. The molecule has 1 atom stereocenters. The van der Waals surface area contributed by atoms with Crippen molar-refractivity contribution in [2.75, 3.05) is 19.6 Å². The van der Waals surface area contributed by atoms with Gasteiger partial charge in [0, 0.05) is 29.6 Å². The van der Waals surface area contributed by atoms with Crippen molar-refractivity contribution < 1.29 is 0 Å². The number of halogens is 1. The molecule has 2 rings (SSSR count). The lowest BCUT2D eigenvalue weighted by molar-refractivity contribution is 0.201. The molecule has 0 heterocycles. The summed E-state index contributed by atoms with van der Waals surface area (Å²) >= 11 is 3.59. The third kappa shape index (κ3) is 5.72. The Morgan fingerprint density at radius 1 is 1.33 bits per heavy atom. The van der Waals surface area contributed by atoms with Crippen molar-refractivity contribution in [1.29, 1.82) is 0 Å². The van der Waals surface area contributed by atoms with E-state index < -0.39 is 0 Å². The monoisotopic (exact) mass is 352 g/mol. The highest BCUT2D eigenvalue weighted by molar-refractivity contribution is 9.10. The van der Waals surface area contributed by atoms with E-state index in [9.17, 15) is 0 Å². The van der Waals surface area contributed by atoms with Crippen LogP contribution in [0.5, 0.6) is 0 Å². The third-order valence-electron chi connectivity index (χ3n) is 4.33. The van der Waals surface area contributed by atoms with Crippen molar-refractivity contribution in [1.82, 2.24) is 10.2 Å². The minimum atomic E-state index is 0.452. The first kappa shape index (κ1) is 17.0. The average Bonchev–Trinajstić information content (AvgIpc) is 3.25. The van der Waals surface area contributed by atoms with Gasteiger partial charge in [-0.05, 0) is 63.3 Å². The Labute approximate surface area is 138 Å². The highest BCUT2D eigenvalue weighted by Gasteiger charge is 2.25. The quantitative estimate of drug-likeness (QED) is 0.697. The van der Waals surface area contributed by atoms with Gasteiger partial charge < -0.3 is 10.2 Å². The molecule has 2 nitrogen and oxygen atoms in total. The van der Waals surface area contributed by atoms with Crippen molar-refractivity contribution >= 4 is 15.9 Å². The second kappa shape index (κ2) is 8.30. The van der Waals surface area contributed by atoms with Crippen molar-refractivity contribution in [2.24, 2.45) is 5.92 Å². The standard InChI is InChI=1S/C18H29BrN2/c1-4-20-18(16-6-5-7-17(19)12-16)10-11-21(14(2)3)13-15-8-9-15/h5-7,12,14-15,18,20H,4,8-11,13H2,1-3H3. The van der Waals surface area contributed by atoms with Gasteiger partial charge >= 0.3 is 0 Å². The molecule has 3 heteroatoms. The topological polar surface area (TPSA) is 15.3 Å². The van der Waals surface area contributed by atoms with Crippen LogP contribution < -0.4 is 5.32 Å². The van der Waals surface area contributed by atoms with Crippen LogP contribution in [0.2, 0.25) is 0 Å². The van der Waals surface area contributed by atoms with Crippen molar-refractivity contribution in [3.63, 3.8) is 0 Å². The molecule has 1 aromatic carbocycles. The van der Waals surface area contributed by atoms with Crippen LogP contribution in [-0.2, 0) is 0 Å². The van der Waals surface area contributed by atoms with E-state index in [1.54, 1.807) is 0 Å². The molecule has 1 N–H and O–H groups in total. The van der Waals surface area contributed by atoms with Crippen molar-refractivity contribution in [3.8, 4) is 0 Å². The van der Waals surface area contributed by atoms with Crippen LogP contribution in [0.4, 0.5) is 0 Å². The maximum atomic E-state index is 3.64. The van der Waals surface area contributed by atoms with E-state index in [0.717, 1.165) is 12.5 Å². The first-order valence-corrected chi connectivity index (χ1v) is 9.12. The summed E-state index contributed by atoms with van der Waals surface area (Å²) in [4.78, 5) is 2.65. The van der Waals surface area contributed by atoms with Crippen LogP contribution in [0.25, 0.3) is 0 Å². The molecule has 1 aromatic rings. The SMILES string of the molecule is CCNC(CCN(CC1CC1)C(C)C)c1cccc(Br)c1. The van der Waals surface area contributed by atoms with E-state index in [2.05, 4.69) is 71.2 Å². The van der Waals surface area contributed by atoms with E-state index >= 15 is 0 Å². The van der Waals surface area contributed by atoms with Crippen LogP contribution in [0.15, 0.2) is 28.7 Å². The zero-order valence-electron chi connectivity index (χ0n) is 13.6. The lowest BCUT2D eigenvalue weighted by atomic mass is 10.0. The summed E-state index contributed by atoms with van der Waals surface area (Å²) in [5.41, 5.74) is 1.39. The number of hydrogen-bond acceptors (Lipinski definition) is 2. The fourth-order valence-electron chi connectivity index (χ4n) is 2.84. The number of rotatable bonds is 9. The Bertz CT molecular complexity index is 429. The summed E-state index contributed by atoms with van der Waals surface area (Å²) in [7, 11) is 0. The highest BCUT2D eigenvalue weighted by atomic mass is 79.9. The third-order valence-corrected chi connectivity index (χ3v) is 4.82. The van der Waals surface area contributed by atoms with Crippen LogP contribution in [-0.4, -0.2) is 30.6 Å². The largest absolute Gasteiger partial charge is 0.310 e. The fraction of sp³-hybridized carbons (Fsp3) is 0.667. The zero-order chi connectivity index (χ0) is 15.2. The number of hydrogen-bond donors (Lipinski definition) is 1. The van der Waals surface area contributed by atoms with E-state index in [1.165, 1.54) is 42.4 Å². The van der Waals surface area contributed by atoms with E-state index in [0.29, 0.717) is 12.1 Å². The first-order chi connectivity index (χ1) is 10.1. The minimum absolute atomic E-state index is 0.452. The normalized spacial score (nSPS) is 16.7. The molecule has 0 bridgehead atoms. The molecule has 0 spiro atoms. The molecule has 0 aromatic heterocycles. The van der Waals surface area contributed by atoms with E-state index in [4.69, 9.17) is 0 Å². The van der Waals surface area contributed by atoms with Crippen LogP contribution in [0.3, 0.4) is 0 Å². The smallest absolute Gasteiger partial charge is 0.0332 e. The van der Waals surface area contributed by atoms with Crippen LogP contribution >= 0.6 is 15.9 Å². The van der Waals surface area contributed by atoms with Crippen molar-refractivity contribution in [3.05, 3.63) is 34.3 Å². The summed E-state index contributed by atoms with van der Waals surface area (Å²) < 4.78 is 1.17. The Morgan fingerprint density at radius 3 is 2.67 bits per heavy atom. The summed E-state index contributed by atoms with van der Waals surface area (Å²) in [6, 6.07) is 9.81. The van der Waals surface area contributed by atoms with Gasteiger partial charge in [-0.15, -0.1) is 0 Å². The molecule has 0 amide bonds. The van der Waals surface area contributed by atoms with E-state index in [-0.39, 0.29) is 0 Å². The average molecular weight is 353 g/mol. The van der Waals surface area contributed by atoms with Gasteiger partial charge in [0.2, 0.25) is 0 Å². The minimum Gasteiger partial charge on any atom is -0.310 e. The van der Waals surface area contributed by atoms with Gasteiger partial charge in [-0.1, -0.05) is 35.0 Å². The fourth-order valence-corrected chi connectivity index (χ4v) is 3.26.